The molecule has 7 heteroatoms. The first-order chi connectivity index (χ1) is 11.1. The number of carbonyl (C=O) groups excluding carboxylic acids is 2. The van der Waals surface area contributed by atoms with E-state index in [0.29, 0.717) is 12.4 Å². The predicted octanol–water partition coefficient (Wildman–Crippen LogP) is 1.90. The summed E-state index contributed by atoms with van der Waals surface area (Å²) in [5.74, 6) is 1.99. The summed E-state index contributed by atoms with van der Waals surface area (Å²) >= 11 is 1.76. The smallest absolute Gasteiger partial charge is 0.242 e. The van der Waals surface area contributed by atoms with E-state index in [0.717, 1.165) is 28.3 Å². The Morgan fingerprint density at radius 2 is 2.04 bits per heavy atom. The molecule has 6 nitrogen and oxygen atoms in total. The second kappa shape index (κ2) is 6.87. The van der Waals surface area contributed by atoms with Crippen molar-refractivity contribution in [1.29, 1.82) is 0 Å². The quantitative estimate of drug-likeness (QED) is 0.878. The summed E-state index contributed by atoms with van der Waals surface area (Å²) in [5.41, 5.74) is 3.03. The van der Waals surface area contributed by atoms with E-state index in [1.807, 2.05) is 30.3 Å². The van der Waals surface area contributed by atoms with Crippen LogP contribution in [0.1, 0.15) is 23.7 Å². The van der Waals surface area contributed by atoms with E-state index in [4.69, 9.17) is 0 Å². The third-order valence-electron chi connectivity index (χ3n) is 3.54. The van der Waals surface area contributed by atoms with Gasteiger partial charge in [-0.15, -0.1) is 0 Å². The molecule has 23 heavy (non-hydrogen) atoms. The maximum atomic E-state index is 12.2. The minimum absolute atomic E-state index is 0.0973. The topological polar surface area (TPSA) is 76.0 Å². The fourth-order valence-corrected chi connectivity index (χ4v) is 3.51. The van der Waals surface area contributed by atoms with Gasteiger partial charge in [-0.2, -0.15) is 16.9 Å². The highest BCUT2D eigenvalue weighted by molar-refractivity contribution is 7.98. The molecule has 0 spiro atoms. The minimum Gasteiger partial charge on any atom is -0.350 e. The van der Waals surface area contributed by atoms with Gasteiger partial charge in [0, 0.05) is 30.5 Å². The minimum atomic E-state index is -0.157. The standard InChI is InChI=1S/C16H18N4O2S/c1-11(21)18-16-13-9-23-10-14(13)19-20(16)8-15(22)17-7-12-5-3-2-4-6-12/h2-6H,7-10H2,1H3,(H,17,22)(H,18,21). The van der Waals surface area contributed by atoms with Crippen LogP contribution in [-0.2, 0) is 34.2 Å². The van der Waals surface area contributed by atoms with Crippen LogP contribution in [0, 0.1) is 0 Å². The molecule has 1 aliphatic heterocycles. The van der Waals surface area contributed by atoms with Crippen LogP contribution < -0.4 is 10.6 Å². The van der Waals surface area contributed by atoms with Crippen molar-refractivity contribution in [2.45, 2.75) is 31.5 Å². The van der Waals surface area contributed by atoms with Crippen LogP contribution >= 0.6 is 11.8 Å². The van der Waals surface area contributed by atoms with Crippen molar-refractivity contribution >= 4 is 29.4 Å². The number of hydrogen-bond acceptors (Lipinski definition) is 4. The Balaban J connectivity index is 1.67. The highest BCUT2D eigenvalue weighted by Crippen LogP contribution is 2.34. The number of amides is 2. The highest BCUT2D eigenvalue weighted by Gasteiger charge is 2.24. The zero-order chi connectivity index (χ0) is 16.2. The van der Waals surface area contributed by atoms with Crippen molar-refractivity contribution in [3.8, 4) is 0 Å². The monoisotopic (exact) mass is 330 g/mol. The number of carbonyl (C=O) groups is 2. The Kier molecular flexibility index (Phi) is 4.66. The number of anilines is 1. The van der Waals surface area contributed by atoms with Crippen LogP contribution in [0.15, 0.2) is 30.3 Å². The van der Waals surface area contributed by atoms with E-state index in [-0.39, 0.29) is 18.4 Å². The molecule has 0 unspecified atom stereocenters. The lowest BCUT2D eigenvalue weighted by Gasteiger charge is -2.10. The van der Waals surface area contributed by atoms with Crippen LogP contribution in [0.25, 0.3) is 0 Å². The first-order valence-electron chi connectivity index (χ1n) is 7.38. The van der Waals surface area contributed by atoms with Crippen molar-refractivity contribution < 1.29 is 9.59 Å². The van der Waals surface area contributed by atoms with E-state index < -0.39 is 0 Å². The molecule has 0 fully saturated rings. The fourth-order valence-electron chi connectivity index (χ4n) is 2.48. The van der Waals surface area contributed by atoms with Gasteiger partial charge in [-0.3, -0.25) is 9.59 Å². The fraction of sp³-hybridized carbons (Fsp3) is 0.312. The Labute approximate surface area is 138 Å². The summed E-state index contributed by atoms with van der Waals surface area (Å²) in [5, 5.41) is 10.1. The van der Waals surface area contributed by atoms with Crippen molar-refractivity contribution in [1.82, 2.24) is 15.1 Å². The Morgan fingerprint density at radius 3 is 2.78 bits per heavy atom. The molecule has 0 bridgehead atoms. The Morgan fingerprint density at radius 1 is 1.26 bits per heavy atom. The lowest BCUT2D eigenvalue weighted by atomic mass is 10.2. The van der Waals surface area contributed by atoms with Crippen LogP contribution in [-0.4, -0.2) is 21.6 Å². The molecule has 2 aromatic rings. The molecule has 2 heterocycles. The molecule has 0 saturated heterocycles. The normalized spacial score (nSPS) is 12.7. The van der Waals surface area contributed by atoms with Crippen molar-refractivity contribution in [3.05, 3.63) is 47.2 Å². The molecule has 120 valence electrons. The number of nitrogens with one attached hydrogen (secondary N) is 2. The van der Waals surface area contributed by atoms with Crippen LogP contribution in [0.3, 0.4) is 0 Å². The number of aromatic nitrogens is 2. The molecular formula is C16H18N4O2S. The number of benzene rings is 1. The maximum absolute atomic E-state index is 12.2. The van der Waals surface area contributed by atoms with Gasteiger partial charge in [0.25, 0.3) is 0 Å². The van der Waals surface area contributed by atoms with E-state index >= 15 is 0 Å². The third-order valence-corrected chi connectivity index (χ3v) is 4.51. The molecule has 1 aliphatic rings. The second-order valence-corrected chi connectivity index (χ2v) is 6.35. The molecule has 1 aromatic heterocycles. The number of rotatable bonds is 5. The van der Waals surface area contributed by atoms with Gasteiger partial charge in [0.1, 0.15) is 12.4 Å². The molecule has 0 atom stereocenters. The van der Waals surface area contributed by atoms with Crippen LogP contribution in [0.5, 0.6) is 0 Å². The average molecular weight is 330 g/mol. The summed E-state index contributed by atoms with van der Waals surface area (Å²) in [7, 11) is 0. The van der Waals surface area contributed by atoms with E-state index in [1.165, 1.54) is 6.92 Å². The molecule has 2 amide bonds. The summed E-state index contributed by atoms with van der Waals surface area (Å²) in [6.07, 6.45) is 0. The largest absolute Gasteiger partial charge is 0.350 e. The lowest BCUT2D eigenvalue weighted by molar-refractivity contribution is -0.122. The summed E-state index contributed by atoms with van der Waals surface area (Å²) in [6.45, 7) is 2.04. The van der Waals surface area contributed by atoms with Crippen molar-refractivity contribution in [3.63, 3.8) is 0 Å². The zero-order valence-electron chi connectivity index (χ0n) is 12.8. The Hall–Kier alpha value is -2.28. The molecule has 0 aliphatic carbocycles. The van der Waals surface area contributed by atoms with Gasteiger partial charge >= 0.3 is 0 Å². The molecule has 0 radical (unpaired) electrons. The summed E-state index contributed by atoms with van der Waals surface area (Å²) < 4.78 is 1.59. The molecule has 1 aromatic carbocycles. The third kappa shape index (κ3) is 3.73. The summed E-state index contributed by atoms with van der Waals surface area (Å²) in [4.78, 5) is 23.6. The van der Waals surface area contributed by atoms with Gasteiger partial charge in [-0.1, -0.05) is 30.3 Å². The summed E-state index contributed by atoms with van der Waals surface area (Å²) in [6, 6.07) is 9.73. The van der Waals surface area contributed by atoms with Gasteiger partial charge in [0.2, 0.25) is 11.8 Å². The number of hydrogen-bond donors (Lipinski definition) is 2. The molecule has 0 saturated carbocycles. The van der Waals surface area contributed by atoms with Crippen molar-refractivity contribution in [2.75, 3.05) is 5.32 Å². The van der Waals surface area contributed by atoms with Gasteiger partial charge in [-0.25, -0.2) is 4.68 Å². The Bertz CT molecular complexity index is 727. The molecular weight excluding hydrogens is 312 g/mol. The average Bonchev–Trinajstić information content (AvgIpc) is 3.09. The van der Waals surface area contributed by atoms with Gasteiger partial charge in [0.05, 0.1) is 5.69 Å². The van der Waals surface area contributed by atoms with Crippen molar-refractivity contribution in [2.24, 2.45) is 0 Å². The van der Waals surface area contributed by atoms with Gasteiger partial charge < -0.3 is 10.6 Å². The molecule has 3 rings (SSSR count). The number of nitrogens with zero attached hydrogens (tertiary/aromatic N) is 2. The van der Waals surface area contributed by atoms with Gasteiger partial charge in [0.15, 0.2) is 0 Å². The van der Waals surface area contributed by atoms with E-state index in [9.17, 15) is 9.59 Å². The number of thioether (sulfide) groups is 1. The van der Waals surface area contributed by atoms with E-state index in [1.54, 1.807) is 16.4 Å². The zero-order valence-corrected chi connectivity index (χ0v) is 13.7. The molecule has 2 N–H and O–H groups in total. The predicted molar refractivity (Wildman–Crippen MR) is 89.8 cm³/mol. The first kappa shape index (κ1) is 15.6. The number of fused-ring (bicyclic) bond motifs is 1. The SMILES string of the molecule is CC(=O)Nc1c2c(nn1CC(=O)NCc1ccccc1)CSC2. The van der Waals surface area contributed by atoms with Crippen LogP contribution in [0.4, 0.5) is 5.82 Å². The highest BCUT2D eigenvalue weighted by atomic mass is 32.2. The first-order valence-corrected chi connectivity index (χ1v) is 8.53. The van der Waals surface area contributed by atoms with Gasteiger partial charge in [-0.05, 0) is 5.56 Å². The van der Waals surface area contributed by atoms with E-state index in [2.05, 4.69) is 15.7 Å². The maximum Gasteiger partial charge on any atom is 0.242 e. The lowest BCUT2D eigenvalue weighted by Crippen LogP contribution is -2.28. The second-order valence-electron chi connectivity index (χ2n) is 5.37. The van der Waals surface area contributed by atoms with Crippen LogP contribution in [0.2, 0.25) is 0 Å².